The summed E-state index contributed by atoms with van der Waals surface area (Å²) in [7, 11) is 0. The van der Waals surface area contributed by atoms with E-state index in [2.05, 4.69) is 35.5 Å². The van der Waals surface area contributed by atoms with Crippen LogP contribution in [0.15, 0.2) is 23.9 Å². The van der Waals surface area contributed by atoms with E-state index < -0.39 is 0 Å². The van der Waals surface area contributed by atoms with Crippen molar-refractivity contribution in [3.8, 4) is 0 Å². The minimum Gasteiger partial charge on any atom is -0.372 e. The van der Waals surface area contributed by atoms with Gasteiger partial charge in [0.15, 0.2) is 0 Å². The topological polar surface area (TPSA) is 41.3 Å². The molecule has 0 aromatic carbocycles. The fourth-order valence-electron chi connectivity index (χ4n) is 1.99. The molecule has 0 bridgehead atoms. The molecule has 0 amide bonds. The maximum absolute atomic E-state index is 5.87. The number of nitrogens with two attached hydrogens (primary N) is 1. The molecule has 2 aliphatic rings. The largest absolute Gasteiger partial charge is 0.372 e. The smallest absolute Gasteiger partial charge is 0.0985 e. The molecule has 3 N–H and O–H groups in total. The van der Waals surface area contributed by atoms with Gasteiger partial charge in [0.05, 0.1) is 6.17 Å². The molecule has 0 aliphatic carbocycles. The molecule has 2 rings (SSSR count). The van der Waals surface area contributed by atoms with Gasteiger partial charge in [-0.1, -0.05) is 6.08 Å². The van der Waals surface area contributed by atoms with Gasteiger partial charge in [0.25, 0.3) is 0 Å². The predicted molar refractivity (Wildman–Crippen MR) is 58.6 cm³/mol. The van der Waals surface area contributed by atoms with E-state index in [1.54, 1.807) is 0 Å². The van der Waals surface area contributed by atoms with Crippen molar-refractivity contribution in [1.82, 2.24) is 10.2 Å². The molecule has 3 heteroatoms. The first-order chi connectivity index (χ1) is 6.75. The van der Waals surface area contributed by atoms with Crippen LogP contribution in [0.25, 0.3) is 0 Å². The lowest BCUT2D eigenvalue weighted by Gasteiger charge is -2.36. The molecule has 1 unspecified atom stereocenters. The fourth-order valence-corrected chi connectivity index (χ4v) is 1.99. The summed E-state index contributed by atoms with van der Waals surface area (Å²) in [6, 6.07) is 0.413. The summed E-state index contributed by atoms with van der Waals surface area (Å²) in [5, 5.41) is 3.39. The lowest BCUT2D eigenvalue weighted by Crippen LogP contribution is -2.49. The third-order valence-corrected chi connectivity index (χ3v) is 2.99. The Labute approximate surface area is 85.6 Å². The molecule has 1 atom stereocenters. The van der Waals surface area contributed by atoms with E-state index in [-0.39, 0.29) is 0 Å². The molecule has 2 aliphatic heterocycles. The molecule has 1 fully saturated rings. The van der Waals surface area contributed by atoms with Crippen molar-refractivity contribution in [1.29, 1.82) is 0 Å². The van der Waals surface area contributed by atoms with E-state index in [0.717, 1.165) is 25.9 Å². The normalized spacial score (nSPS) is 29.9. The van der Waals surface area contributed by atoms with Gasteiger partial charge in [0, 0.05) is 25.3 Å². The van der Waals surface area contributed by atoms with Gasteiger partial charge in [-0.05, 0) is 31.4 Å². The van der Waals surface area contributed by atoms with E-state index in [9.17, 15) is 0 Å². The summed E-state index contributed by atoms with van der Waals surface area (Å²) in [5.41, 5.74) is 7.16. The number of nitrogens with zero attached hydrogens (tertiary/aromatic N) is 1. The van der Waals surface area contributed by atoms with Gasteiger partial charge in [-0.25, -0.2) is 0 Å². The van der Waals surface area contributed by atoms with Crippen molar-refractivity contribution < 1.29 is 0 Å². The average molecular weight is 193 g/mol. The third kappa shape index (κ3) is 2.16. The standard InChI is InChI=1S/C11H19N3/c1-9-2-3-11(13-8-9)14-6-4-10(12)5-7-14/h2-3,8,10-11,13H,4-7,12H2,1H3. The number of nitrogens with one attached hydrogen (secondary N) is 1. The quantitative estimate of drug-likeness (QED) is 0.647. The summed E-state index contributed by atoms with van der Waals surface area (Å²) in [5.74, 6) is 0. The van der Waals surface area contributed by atoms with Crippen molar-refractivity contribution in [2.75, 3.05) is 13.1 Å². The number of likely N-dealkylation sites (tertiary alicyclic amines) is 1. The Morgan fingerprint density at radius 3 is 2.71 bits per heavy atom. The molecular formula is C11H19N3. The van der Waals surface area contributed by atoms with Gasteiger partial charge in [-0.3, -0.25) is 4.90 Å². The van der Waals surface area contributed by atoms with Crippen molar-refractivity contribution in [3.63, 3.8) is 0 Å². The summed E-state index contributed by atoms with van der Waals surface area (Å²) < 4.78 is 0. The zero-order valence-electron chi connectivity index (χ0n) is 8.74. The zero-order chi connectivity index (χ0) is 9.97. The van der Waals surface area contributed by atoms with Crippen LogP contribution >= 0.6 is 0 Å². The highest BCUT2D eigenvalue weighted by molar-refractivity contribution is 5.21. The Bertz CT molecular complexity index is 249. The second kappa shape index (κ2) is 4.15. The number of dihydropyridines is 1. The molecule has 0 radical (unpaired) electrons. The second-order valence-electron chi connectivity index (χ2n) is 4.23. The van der Waals surface area contributed by atoms with E-state index in [1.165, 1.54) is 5.57 Å². The highest BCUT2D eigenvalue weighted by atomic mass is 15.3. The first-order valence-corrected chi connectivity index (χ1v) is 5.36. The maximum Gasteiger partial charge on any atom is 0.0985 e. The fraction of sp³-hybridized carbons (Fsp3) is 0.636. The molecule has 0 saturated carbocycles. The third-order valence-electron chi connectivity index (χ3n) is 2.99. The molecule has 0 aromatic rings. The van der Waals surface area contributed by atoms with Crippen LogP contribution in [0.5, 0.6) is 0 Å². The van der Waals surface area contributed by atoms with Gasteiger partial charge in [-0.15, -0.1) is 0 Å². The van der Waals surface area contributed by atoms with E-state index in [4.69, 9.17) is 5.73 Å². The van der Waals surface area contributed by atoms with Crippen LogP contribution in [0.2, 0.25) is 0 Å². The number of hydrogen-bond donors (Lipinski definition) is 2. The lowest BCUT2D eigenvalue weighted by atomic mass is 10.1. The number of allylic oxidation sites excluding steroid dienone is 2. The van der Waals surface area contributed by atoms with Gasteiger partial charge in [0.1, 0.15) is 0 Å². The summed E-state index contributed by atoms with van der Waals surface area (Å²) in [6.07, 6.45) is 9.11. The van der Waals surface area contributed by atoms with Crippen molar-refractivity contribution in [3.05, 3.63) is 23.9 Å². The number of rotatable bonds is 1. The Hall–Kier alpha value is -0.800. The number of piperidine rings is 1. The van der Waals surface area contributed by atoms with Crippen molar-refractivity contribution in [2.45, 2.75) is 32.0 Å². The Balaban J connectivity index is 1.88. The first kappa shape index (κ1) is 9.74. The Morgan fingerprint density at radius 2 is 2.14 bits per heavy atom. The Kier molecular flexibility index (Phi) is 2.89. The second-order valence-corrected chi connectivity index (χ2v) is 4.23. The minimum atomic E-state index is 0.381. The zero-order valence-corrected chi connectivity index (χ0v) is 8.74. The molecule has 3 nitrogen and oxygen atoms in total. The average Bonchev–Trinajstić information content (AvgIpc) is 2.21. The molecule has 0 spiro atoms. The molecule has 1 saturated heterocycles. The predicted octanol–water partition coefficient (Wildman–Crippen LogP) is 0.799. The molecular weight excluding hydrogens is 174 g/mol. The van der Waals surface area contributed by atoms with Gasteiger partial charge < -0.3 is 11.1 Å². The first-order valence-electron chi connectivity index (χ1n) is 5.36. The van der Waals surface area contributed by atoms with E-state index >= 15 is 0 Å². The number of hydrogen-bond acceptors (Lipinski definition) is 3. The minimum absolute atomic E-state index is 0.381. The van der Waals surface area contributed by atoms with Crippen LogP contribution in [-0.2, 0) is 0 Å². The Morgan fingerprint density at radius 1 is 1.43 bits per heavy atom. The van der Waals surface area contributed by atoms with Gasteiger partial charge >= 0.3 is 0 Å². The molecule has 2 heterocycles. The molecule has 78 valence electrons. The van der Waals surface area contributed by atoms with Crippen molar-refractivity contribution in [2.24, 2.45) is 5.73 Å². The molecule has 0 aromatic heterocycles. The van der Waals surface area contributed by atoms with E-state index in [1.807, 2.05) is 0 Å². The highest BCUT2D eigenvalue weighted by Crippen LogP contribution is 2.13. The van der Waals surface area contributed by atoms with Crippen molar-refractivity contribution >= 4 is 0 Å². The van der Waals surface area contributed by atoms with Gasteiger partial charge in [0.2, 0.25) is 0 Å². The summed E-state index contributed by atoms with van der Waals surface area (Å²) in [4.78, 5) is 2.45. The van der Waals surface area contributed by atoms with Crippen LogP contribution < -0.4 is 11.1 Å². The SMILES string of the molecule is CC1=CNC(N2CCC(N)CC2)C=C1. The van der Waals surface area contributed by atoms with Crippen LogP contribution in [0.3, 0.4) is 0 Å². The maximum atomic E-state index is 5.87. The van der Waals surface area contributed by atoms with Crippen LogP contribution in [0.1, 0.15) is 19.8 Å². The molecule has 14 heavy (non-hydrogen) atoms. The van der Waals surface area contributed by atoms with Crippen LogP contribution in [0.4, 0.5) is 0 Å². The monoisotopic (exact) mass is 193 g/mol. The van der Waals surface area contributed by atoms with Gasteiger partial charge in [-0.2, -0.15) is 0 Å². The summed E-state index contributed by atoms with van der Waals surface area (Å²) >= 11 is 0. The lowest BCUT2D eigenvalue weighted by molar-refractivity contribution is 0.165. The van der Waals surface area contributed by atoms with Crippen LogP contribution in [0, 0.1) is 0 Å². The van der Waals surface area contributed by atoms with Crippen LogP contribution in [-0.4, -0.2) is 30.2 Å². The highest BCUT2D eigenvalue weighted by Gasteiger charge is 2.21. The summed E-state index contributed by atoms with van der Waals surface area (Å²) in [6.45, 7) is 4.32. The van der Waals surface area contributed by atoms with E-state index in [0.29, 0.717) is 12.2 Å².